The van der Waals surface area contributed by atoms with Gasteiger partial charge in [-0.2, -0.15) is 13.2 Å². The number of amides is 1. The number of aliphatic carboxylic acids is 1. The first kappa shape index (κ1) is 29.5. The predicted molar refractivity (Wildman–Crippen MR) is 140 cm³/mol. The summed E-state index contributed by atoms with van der Waals surface area (Å²) in [4.78, 5) is 43.7. The number of alkyl halides is 3. The summed E-state index contributed by atoms with van der Waals surface area (Å²) in [6.07, 6.45) is -0.579. The molecule has 5 rings (SSSR count). The van der Waals surface area contributed by atoms with Gasteiger partial charge in [0.05, 0.1) is 24.1 Å². The number of carboxylic acids is 1. The number of carbonyl (C=O) groups is 2. The van der Waals surface area contributed by atoms with Gasteiger partial charge in [0.25, 0.3) is 5.56 Å². The second kappa shape index (κ2) is 12.0. The molecule has 216 valence electrons. The first-order valence-corrected chi connectivity index (χ1v) is 12.5. The van der Waals surface area contributed by atoms with Crippen LogP contribution >= 0.6 is 11.6 Å². The third-order valence-corrected chi connectivity index (χ3v) is 6.47. The van der Waals surface area contributed by atoms with Crippen LogP contribution in [0.15, 0.2) is 53.6 Å². The number of hydrogen-bond donors (Lipinski definition) is 3. The molecule has 1 aliphatic rings. The van der Waals surface area contributed by atoms with Crippen molar-refractivity contribution in [2.24, 2.45) is 0 Å². The molecule has 0 fully saturated rings. The lowest BCUT2D eigenvalue weighted by Gasteiger charge is -2.16. The maximum Gasteiger partial charge on any atom is 0.490 e. The first-order valence-electron chi connectivity index (χ1n) is 12.1. The van der Waals surface area contributed by atoms with Crippen LogP contribution in [0.1, 0.15) is 35.0 Å². The highest BCUT2D eigenvalue weighted by Gasteiger charge is 2.38. The summed E-state index contributed by atoms with van der Waals surface area (Å²) < 4.78 is 48.7. The van der Waals surface area contributed by atoms with Crippen LogP contribution in [0.2, 0.25) is 5.15 Å². The minimum atomic E-state index is -5.08. The zero-order valence-electron chi connectivity index (χ0n) is 21.4. The maximum atomic E-state index is 13.7. The zero-order chi connectivity index (χ0) is 29.9. The molecule has 0 spiro atoms. The minimum Gasteiger partial charge on any atom is -0.475 e. The number of fused-ring (bicyclic) bond motifs is 2. The Morgan fingerprint density at radius 2 is 1.93 bits per heavy atom. The minimum absolute atomic E-state index is 0.0251. The molecule has 10 nitrogen and oxygen atoms in total. The predicted octanol–water partition coefficient (Wildman–Crippen LogP) is 4.04. The fourth-order valence-electron chi connectivity index (χ4n) is 4.38. The molecule has 0 radical (unpaired) electrons. The van der Waals surface area contributed by atoms with E-state index in [1.807, 2.05) is 34.9 Å². The van der Waals surface area contributed by atoms with E-state index >= 15 is 0 Å². The van der Waals surface area contributed by atoms with Gasteiger partial charge >= 0.3 is 12.1 Å². The molecule has 4 heterocycles. The van der Waals surface area contributed by atoms with E-state index in [1.54, 1.807) is 13.1 Å². The van der Waals surface area contributed by atoms with Crippen molar-refractivity contribution in [2.45, 2.75) is 45.1 Å². The van der Waals surface area contributed by atoms with Crippen LogP contribution in [0.4, 0.5) is 23.4 Å². The fourth-order valence-corrected chi connectivity index (χ4v) is 4.65. The SMILES string of the molecule is Cc1cc(F)cc(CNc2nc(Cl)c3n(c2=O)C(C(=O)NCc2cnc4ccccn24)CC3)c1.O=C(O)C(F)(F)F. The molecule has 4 aromatic rings. The lowest BCUT2D eigenvalue weighted by molar-refractivity contribution is -0.192. The van der Waals surface area contributed by atoms with Crippen LogP contribution in [-0.2, 0) is 29.1 Å². The number of halogens is 5. The van der Waals surface area contributed by atoms with Crippen LogP contribution in [-0.4, -0.2) is 42.1 Å². The van der Waals surface area contributed by atoms with E-state index in [2.05, 4.69) is 20.6 Å². The van der Waals surface area contributed by atoms with Gasteiger partial charge < -0.3 is 20.1 Å². The number of imidazole rings is 1. The van der Waals surface area contributed by atoms with E-state index < -0.39 is 23.7 Å². The number of pyridine rings is 1. The van der Waals surface area contributed by atoms with E-state index in [4.69, 9.17) is 21.5 Å². The Labute approximate surface area is 234 Å². The molecule has 15 heteroatoms. The van der Waals surface area contributed by atoms with Crippen molar-refractivity contribution in [2.75, 3.05) is 5.32 Å². The molecule has 1 aliphatic heterocycles. The van der Waals surface area contributed by atoms with Crippen molar-refractivity contribution in [3.63, 3.8) is 0 Å². The van der Waals surface area contributed by atoms with Crippen LogP contribution in [0.25, 0.3) is 5.65 Å². The van der Waals surface area contributed by atoms with Crippen LogP contribution < -0.4 is 16.2 Å². The number of aromatic nitrogens is 4. The van der Waals surface area contributed by atoms with Gasteiger partial charge in [0.1, 0.15) is 17.5 Å². The topological polar surface area (TPSA) is 131 Å². The van der Waals surface area contributed by atoms with Gasteiger partial charge in [0, 0.05) is 12.7 Å². The zero-order valence-corrected chi connectivity index (χ0v) is 22.1. The lowest BCUT2D eigenvalue weighted by atomic mass is 10.1. The second-order valence-electron chi connectivity index (χ2n) is 9.12. The summed E-state index contributed by atoms with van der Waals surface area (Å²) in [5.41, 5.74) is 3.17. The first-order chi connectivity index (χ1) is 19.3. The molecule has 41 heavy (non-hydrogen) atoms. The van der Waals surface area contributed by atoms with Gasteiger partial charge in [-0.15, -0.1) is 0 Å². The summed E-state index contributed by atoms with van der Waals surface area (Å²) in [6, 6.07) is 9.61. The van der Waals surface area contributed by atoms with Crippen LogP contribution in [0, 0.1) is 12.7 Å². The summed E-state index contributed by atoms with van der Waals surface area (Å²) in [7, 11) is 0. The van der Waals surface area contributed by atoms with Crippen molar-refractivity contribution in [1.29, 1.82) is 0 Å². The number of anilines is 1. The molecule has 0 saturated carbocycles. The Balaban J connectivity index is 0.000000493. The van der Waals surface area contributed by atoms with Crippen molar-refractivity contribution >= 4 is 34.9 Å². The number of hydrogen-bond acceptors (Lipinski definition) is 6. The molecule has 0 aliphatic carbocycles. The number of carboxylic acid groups (broad SMARTS) is 1. The van der Waals surface area contributed by atoms with E-state index in [0.29, 0.717) is 24.1 Å². The molecule has 0 saturated heterocycles. The number of nitrogens with zero attached hydrogens (tertiary/aromatic N) is 4. The second-order valence-corrected chi connectivity index (χ2v) is 9.48. The summed E-state index contributed by atoms with van der Waals surface area (Å²) >= 11 is 6.36. The largest absolute Gasteiger partial charge is 0.490 e. The molecule has 1 aromatic carbocycles. The Morgan fingerprint density at radius 3 is 2.61 bits per heavy atom. The van der Waals surface area contributed by atoms with Crippen molar-refractivity contribution in [3.05, 3.63) is 92.6 Å². The average molecular weight is 595 g/mol. The number of carbonyl (C=O) groups excluding carboxylic acids is 1. The molecule has 3 aromatic heterocycles. The van der Waals surface area contributed by atoms with Gasteiger partial charge in [-0.1, -0.05) is 23.7 Å². The van der Waals surface area contributed by atoms with Gasteiger partial charge in [-0.05, 0) is 55.2 Å². The van der Waals surface area contributed by atoms with E-state index in [-0.39, 0.29) is 35.8 Å². The molecular formula is C26H23ClF4N6O4. The van der Waals surface area contributed by atoms with Crippen molar-refractivity contribution in [1.82, 2.24) is 24.3 Å². The Hall–Kier alpha value is -4.46. The normalized spacial score (nSPS) is 14.2. The van der Waals surface area contributed by atoms with Crippen LogP contribution in [0.3, 0.4) is 0 Å². The standard InChI is InChI=1S/C24H22ClFN6O2.C2HF3O2/c1-14-8-15(10-16(26)9-14)11-28-22-24(34)32-18(21(25)30-22)5-6-19(32)23(33)29-13-17-12-27-20-4-2-3-7-31(17)20;3-2(4,5)1(6)7/h2-4,7-10,12,19H,5-6,11,13H2,1H3,(H,28,30)(H,29,33);(H,6,7). The van der Waals surface area contributed by atoms with E-state index in [9.17, 15) is 27.2 Å². The molecule has 0 bridgehead atoms. The molecule has 1 atom stereocenters. The fraction of sp³-hybridized carbons (Fsp3) is 0.269. The third-order valence-electron chi connectivity index (χ3n) is 6.17. The van der Waals surface area contributed by atoms with E-state index in [0.717, 1.165) is 16.9 Å². The van der Waals surface area contributed by atoms with Crippen molar-refractivity contribution in [3.8, 4) is 0 Å². The van der Waals surface area contributed by atoms with Gasteiger partial charge in [-0.3, -0.25) is 14.2 Å². The van der Waals surface area contributed by atoms with Gasteiger partial charge in [-0.25, -0.2) is 19.2 Å². The molecule has 1 amide bonds. The quantitative estimate of drug-likeness (QED) is 0.287. The lowest BCUT2D eigenvalue weighted by Crippen LogP contribution is -2.36. The molecular weight excluding hydrogens is 572 g/mol. The smallest absolute Gasteiger partial charge is 0.475 e. The van der Waals surface area contributed by atoms with Crippen LogP contribution in [0.5, 0.6) is 0 Å². The van der Waals surface area contributed by atoms with Gasteiger partial charge in [0.2, 0.25) is 5.91 Å². The molecule has 3 N–H and O–H groups in total. The Bertz CT molecular complexity index is 1650. The Kier molecular flexibility index (Phi) is 8.61. The number of rotatable bonds is 6. The monoisotopic (exact) mass is 594 g/mol. The highest BCUT2D eigenvalue weighted by atomic mass is 35.5. The summed E-state index contributed by atoms with van der Waals surface area (Å²) in [5, 5.41) is 13.2. The van der Waals surface area contributed by atoms with Gasteiger partial charge in [0.15, 0.2) is 11.0 Å². The summed E-state index contributed by atoms with van der Waals surface area (Å²) in [6.45, 7) is 2.26. The number of benzene rings is 1. The Morgan fingerprint density at radius 1 is 1.20 bits per heavy atom. The highest BCUT2D eigenvalue weighted by molar-refractivity contribution is 6.30. The molecule has 1 unspecified atom stereocenters. The number of nitrogens with one attached hydrogen (secondary N) is 2. The third kappa shape index (κ3) is 6.82. The highest BCUT2D eigenvalue weighted by Crippen LogP contribution is 2.29. The van der Waals surface area contributed by atoms with E-state index in [1.165, 1.54) is 16.7 Å². The maximum absolute atomic E-state index is 13.7. The number of aryl methyl sites for hydroxylation is 1. The van der Waals surface area contributed by atoms with Crippen molar-refractivity contribution < 1.29 is 32.3 Å². The average Bonchev–Trinajstić information content (AvgIpc) is 3.53. The summed E-state index contributed by atoms with van der Waals surface area (Å²) in [5.74, 6) is -3.36.